The van der Waals surface area contributed by atoms with Crippen LogP contribution in [0.15, 0.2) is 24.3 Å². The number of nitrogens with zero attached hydrogens (tertiary/aromatic N) is 4. The summed E-state index contributed by atoms with van der Waals surface area (Å²) in [6.45, 7) is 4.17. The first-order chi connectivity index (χ1) is 10.2. The van der Waals surface area contributed by atoms with Crippen LogP contribution in [-0.2, 0) is 19.3 Å². The maximum Gasteiger partial charge on any atom is 0.163 e. The van der Waals surface area contributed by atoms with Crippen LogP contribution in [0.5, 0.6) is 0 Å². The van der Waals surface area contributed by atoms with Crippen molar-refractivity contribution in [1.29, 1.82) is 0 Å². The van der Waals surface area contributed by atoms with Gasteiger partial charge in [0, 0.05) is 12.7 Å². The van der Waals surface area contributed by atoms with Gasteiger partial charge in [-0.1, -0.05) is 25.5 Å². The normalized spacial score (nSPS) is 11.4. The van der Waals surface area contributed by atoms with Crippen molar-refractivity contribution in [3.63, 3.8) is 0 Å². The summed E-state index contributed by atoms with van der Waals surface area (Å²) in [6, 6.07) is 8.60. The van der Waals surface area contributed by atoms with Gasteiger partial charge in [0.2, 0.25) is 0 Å². The van der Waals surface area contributed by atoms with Crippen LogP contribution in [0.2, 0.25) is 0 Å². The zero-order valence-corrected chi connectivity index (χ0v) is 13.4. The first-order valence-corrected chi connectivity index (χ1v) is 7.75. The minimum atomic E-state index is 0.380. The van der Waals surface area contributed by atoms with E-state index >= 15 is 0 Å². The lowest BCUT2D eigenvalue weighted by molar-refractivity contribution is 0.755. The Labute approximate surface area is 129 Å². The fourth-order valence-electron chi connectivity index (χ4n) is 2.78. The second-order valence-corrected chi connectivity index (χ2v) is 5.56. The fourth-order valence-corrected chi connectivity index (χ4v) is 2.96. The average Bonchev–Trinajstić information content (AvgIpc) is 2.99. The second-order valence-electron chi connectivity index (χ2n) is 5.29. The zero-order valence-electron chi connectivity index (χ0n) is 12.6. The molecule has 0 aliphatic rings. The maximum absolute atomic E-state index is 6.08. The molecule has 0 unspecified atom stereocenters. The predicted octanol–water partition coefficient (Wildman–Crippen LogP) is 3.76. The molecule has 21 heavy (non-hydrogen) atoms. The molecule has 0 bridgehead atoms. The van der Waals surface area contributed by atoms with Gasteiger partial charge in [-0.25, -0.2) is 9.67 Å². The molecule has 110 valence electrons. The molecule has 0 saturated heterocycles. The van der Waals surface area contributed by atoms with Gasteiger partial charge in [0.1, 0.15) is 11.3 Å². The molecule has 0 aliphatic heterocycles. The van der Waals surface area contributed by atoms with Crippen molar-refractivity contribution in [3.05, 3.63) is 41.3 Å². The molecule has 0 radical (unpaired) electrons. The van der Waals surface area contributed by atoms with E-state index in [1.54, 1.807) is 0 Å². The molecular formula is C16H19ClN4. The largest absolute Gasteiger partial charge is 0.280 e. The van der Waals surface area contributed by atoms with Crippen LogP contribution in [-0.4, -0.2) is 19.3 Å². The van der Waals surface area contributed by atoms with E-state index in [-0.39, 0.29) is 0 Å². The number of imidazole rings is 1. The SMILES string of the molecule is CCCc1ccc(-n2c(CCl)nc3c(C)nn(C)c32)cc1. The topological polar surface area (TPSA) is 35.6 Å². The molecule has 2 heterocycles. The Morgan fingerprint density at radius 3 is 2.52 bits per heavy atom. The average molecular weight is 303 g/mol. The first-order valence-electron chi connectivity index (χ1n) is 7.22. The van der Waals surface area contributed by atoms with E-state index in [9.17, 15) is 0 Å². The van der Waals surface area contributed by atoms with Gasteiger partial charge >= 0.3 is 0 Å². The summed E-state index contributed by atoms with van der Waals surface area (Å²) in [6.07, 6.45) is 2.26. The molecule has 0 amide bonds. The second kappa shape index (κ2) is 5.53. The first kappa shape index (κ1) is 14.1. The van der Waals surface area contributed by atoms with Gasteiger partial charge in [-0.2, -0.15) is 5.10 Å². The quantitative estimate of drug-likeness (QED) is 0.688. The Morgan fingerprint density at radius 1 is 1.19 bits per heavy atom. The summed E-state index contributed by atoms with van der Waals surface area (Å²) >= 11 is 6.08. The molecule has 0 aliphatic carbocycles. The molecule has 2 aromatic heterocycles. The van der Waals surface area contributed by atoms with Gasteiger partial charge in [0.05, 0.1) is 11.6 Å². The van der Waals surface area contributed by atoms with Gasteiger partial charge in [-0.15, -0.1) is 11.6 Å². The van der Waals surface area contributed by atoms with Gasteiger partial charge in [-0.3, -0.25) is 4.57 Å². The minimum absolute atomic E-state index is 0.380. The number of aromatic nitrogens is 4. The summed E-state index contributed by atoms with van der Waals surface area (Å²) < 4.78 is 3.96. The Bertz CT molecular complexity index is 768. The van der Waals surface area contributed by atoms with Gasteiger partial charge in [0.15, 0.2) is 5.65 Å². The highest BCUT2D eigenvalue weighted by molar-refractivity contribution is 6.17. The van der Waals surface area contributed by atoms with Crippen molar-refractivity contribution in [2.45, 2.75) is 32.6 Å². The molecular weight excluding hydrogens is 284 g/mol. The van der Waals surface area contributed by atoms with Gasteiger partial charge in [-0.05, 0) is 31.0 Å². The molecule has 0 saturated carbocycles. The lowest BCUT2D eigenvalue weighted by atomic mass is 10.1. The molecule has 5 heteroatoms. The van der Waals surface area contributed by atoms with E-state index in [4.69, 9.17) is 11.6 Å². The van der Waals surface area contributed by atoms with Crippen LogP contribution >= 0.6 is 11.6 Å². The Balaban J connectivity index is 2.18. The zero-order chi connectivity index (χ0) is 15.0. The monoisotopic (exact) mass is 302 g/mol. The van der Waals surface area contributed by atoms with Crippen molar-refractivity contribution < 1.29 is 0 Å². The standard InChI is InChI=1S/C16H19ClN4/c1-4-5-12-6-8-13(9-7-12)21-14(10-17)18-15-11(2)19-20(3)16(15)21/h6-9H,4-5,10H2,1-3H3. The summed E-state index contributed by atoms with van der Waals surface area (Å²) in [7, 11) is 1.94. The van der Waals surface area contributed by atoms with Crippen LogP contribution in [0.25, 0.3) is 16.9 Å². The highest BCUT2D eigenvalue weighted by atomic mass is 35.5. The lowest BCUT2D eigenvalue weighted by Crippen LogP contribution is -2.04. The lowest BCUT2D eigenvalue weighted by Gasteiger charge is -2.09. The number of benzene rings is 1. The Morgan fingerprint density at radius 2 is 1.90 bits per heavy atom. The molecule has 0 atom stereocenters. The van der Waals surface area contributed by atoms with Crippen LogP contribution < -0.4 is 0 Å². The third-order valence-electron chi connectivity index (χ3n) is 3.72. The summed E-state index contributed by atoms with van der Waals surface area (Å²) in [5, 5.41) is 4.45. The summed E-state index contributed by atoms with van der Waals surface area (Å²) in [5.41, 5.74) is 5.28. The van der Waals surface area contributed by atoms with E-state index in [2.05, 4.69) is 45.8 Å². The molecule has 3 aromatic rings. The van der Waals surface area contributed by atoms with Gasteiger partial charge < -0.3 is 0 Å². The summed E-state index contributed by atoms with van der Waals surface area (Å²) in [5.74, 6) is 1.23. The molecule has 0 fully saturated rings. The number of aryl methyl sites for hydroxylation is 3. The van der Waals surface area contributed by atoms with E-state index in [0.29, 0.717) is 5.88 Å². The van der Waals surface area contributed by atoms with E-state index in [1.807, 2.05) is 18.7 Å². The third-order valence-corrected chi connectivity index (χ3v) is 3.96. The molecule has 0 spiro atoms. The van der Waals surface area contributed by atoms with Crippen molar-refractivity contribution in [2.24, 2.45) is 7.05 Å². The minimum Gasteiger partial charge on any atom is -0.280 e. The van der Waals surface area contributed by atoms with Crippen molar-refractivity contribution in [2.75, 3.05) is 0 Å². The third kappa shape index (κ3) is 2.33. The van der Waals surface area contributed by atoms with Crippen molar-refractivity contribution in [1.82, 2.24) is 19.3 Å². The van der Waals surface area contributed by atoms with Crippen LogP contribution in [0.4, 0.5) is 0 Å². The van der Waals surface area contributed by atoms with E-state index in [0.717, 1.165) is 41.2 Å². The van der Waals surface area contributed by atoms with E-state index in [1.165, 1.54) is 5.56 Å². The number of hydrogen-bond acceptors (Lipinski definition) is 2. The molecule has 1 aromatic carbocycles. The van der Waals surface area contributed by atoms with Crippen molar-refractivity contribution >= 4 is 22.8 Å². The predicted molar refractivity (Wildman–Crippen MR) is 86.1 cm³/mol. The van der Waals surface area contributed by atoms with Crippen LogP contribution in [0, 0.1) is 6.92 Å². The van der Waals surface area contributed by atoms with E-state index < -0.39 is 0 Å². The Hall–Kier alpha value is -1.81. The number of rotatable bonds is 4. The molecule has 3 rings (SSSR count). The number of alkyl halides is 1. The van der Waals surface area contributed by atoms with Crippen molar-refractivity contribution in [3.8, 4) is 5.69 Å². The van der Waals surface area contributed by atoms with Crippen LogP contribution in [0.3, 0.4) is 0 Å². The smallest absolute Gasteiger partial charge is 0.163 e. The molecule has 4 nitrogen and oxygen atoms in total. The number of fused-ring (bicyclic) bond motifs is 1. The van der Waals surface area contributed by atoms with Crippen LogP contribution in [0.1, 0.15) is 30.4 Å². The highest BCUT2D eigenvalue weighted by Crippen LogP contribution is 2.24. The maximum atomic E-state index is 6.08. The fraction of sp³-hybridized carbons (Fsp3) is 0.375. The summed E-state index contributed by atoms with van der Waals surface area (Å²) in [4.78, 5) is 4.63. The van der Waals surface area contributed by atoms with Gasteiger partial charge in [0.25, 0.3) is 0 Å². The molecule has 0 N–H and O–H groups in total. The highest BCUT2D eigenvalue weighted by Gasteiger charge is 2.17. The number of halogens is 1. The Kier molecular flexibility index (Phi) is 3.72. The number of hydrogen-bond donors (Lipinski definition) is 0.